The van der Waals surface area contributed by atoms with Crippen LogP contribution in [0, 0.1) is 13.8 Å². The summed E-state index contributed by atoms with van der Waals surface area (Å²) < 4.78 is 0. The van der Waals surface area contributed by atoms with Gasteiger partial charge in [0.15, 0.2) is 0 Å². The van der Waals surface area contributed by atoms with E-state index in [1.165, 1.54) is 64.2 Å². The molecule has 0 atom stereocenters. The van der Waals surface area contributed by atoms with Crippen LogP contribution < -0.4 is 0 Å². The van der Waals surface area contributed by atoms with Crippen LogP contribution >= 0.6 is 0 Å². The number of rotatable bonds is 10. The van der Waals surface area contributed by atoms with Gasteiger partial charge in [-0.15, -0.1) is 0 Å². The van der Waals surface area contributed by atoms with Crippen LogP contribution in [0.3, 0.4) is 0 Å². The van der Waals surface area contributed by atoms with Crippen molar-refractivity contribution in [2.75, 3.05) is 0 Å². The summed E-state index contributed by atoms with van der Waals surface area (Å²) in [4.78, 5) is 0. The molecule has 0 bridgehead atoms. The number of hydrogen-bond donors (Lipinski definition) is 0. The predicted molar refractivity (Wildman–Crippen MR) is 72.8 cm³/mol. The summed E-state index contributed by atoms with van der Waals surface area (Å²) in [6.45, 7) is 11.1. The summed E-state index contributed by atoms with van der Waals surface area (Å²) in [5.74, 6) is 0. The normalized spacial score (nSPS) is 9.00. The third-order valence-corrected chi connectivity index (χ3v) is 2.60. The third kappa shape index (κ3) is 24.4. The number of unbranched alkanes of at least 4 members (excludes halogenated alkanes) is 10. The van der Waals surface area contributed by atoms with E-state index in [0.29, 0.717) is 0 Å². The van der Waals surface area contributed by atoms with Crippen LogP contribution in [0.1, 0.15) is 84.5 Å². The largest absolute Gasteiger partial charge is 0.346 e. The van der Waals surface area contributed by atoms with Crippen molar-refractivity contribution < 1.29 is 32.7 Å². The van der Waals surface area contributed by atoms with E-state index < -0.39 is 0 Å². The van der Waals surface area contributed by atoms with Gasteiger partial charge in [-0.25, -0.2) is 0 Å². The summed E-state index contributed by atoms with van der Waals surface area (Å²) in [5.41, 5.74) is 0. The van der Waals surface area contributed by atoms with E-state index in [2.05, 4.69) is 20.8 Å². The Morgan fingerprint density at radius 3 is 1.25 bits per heavy atom. The van der Waals surface area contributed by atoms with Crippen LogP contribution in [0.15, 0.2) is 0 Å². The number of hydrogen-bond acceptors (Lipinski definition) is 0. The van der Waals surface area contributed by atoms with Gasteiger partial charge in [0.05, 0.1) is 0 Å². The first-order valence-corrected chi connectivity index (χ1v) is 6.91. The molecule has 0 aliphatic heterocycles. The molecule has 0 spiro atoms. The molecule has 97 valence electrons. The van der Waals surface area contributed by atoms with E-state index in [-0.39, 0.29) is 32.7 Å². The quantitative estimate of drug-likeness (QED) is 0.344. The van der Waals surface area contributed by atoms with E-state index in [1.807, 2.05) is 0 Å². The van der Waals surface area contributed by atoms with Gasteiger partial charge < -0.3 is 13.8 Å². The fraction of sp³-hybridized carbons (Fsp3) is 0.867. The summed E-state index contributed by atoms with van der Waals surface area (Å²) in [7, 11) is 0. The van der Waals surface area contributed by atoms with Crippen molar-refractivity contribution in [2.45, 2.75) is 84.5 Å². The zero-order valence-corrected chi connectivity index (χ0v) is 14.6. The second-order valence-electron chi connectivity index (χ2n) is 4.04. The van der Waals surface area contributed by atoms with Crippen LogP contribution in [-0.2, 0) is 32.7 Å². The Morgan fingerprint density at radius 2 is 0.938 bits per heavy atom. The van der Waals surface area contributed by atoms with Crippen molar-refractivity contribution >= 4 is 0 Å². The maximum absolute atomic E-state index is 3.85. The Hall–Kier alpha value is 1.10. The molecule has 0 aliphatic carbocycles. The van der Waals surface area contributed by atoms with E-state index in [0.717, 1.165) is 6.42 Å². The average molecular weight is 301 g/mol. The van der Waals surface area contributed by atoms with Crippen molar-refractivity contribution in [2.24, 2.45) is 0 Å². The second kappa shape index (κ2) is 25.1. The Kier molecular flexibility index (Phi) is 34.9. The molecule has 1 radical (unpaired) electrons. The molecule has 0 aliphatic rings. The molecule has 0 fully saturated rings. The molecule has 0 unspecified atom stereocenters. The van der Waals surface area contributed by atoms with Crippen LogP contribution in [-0.4, -0.2) is 0 Å². The first-order chi connectivity index (χ1) is 7.41. The Bertz CT molecular complexity index is 71.5. The van der Waals surface area contributed by atoms with Gasteiger partial charge in [0.2, 0.25) is 0 Å². The minimum atomic E-state index is 0. The van der Waals surface area contributed by atoms with E-state index in [1.54, 1.807) is 6.92 Å². The van der Waals surface area contributed by atoms with Gasteiger partial charge >= 0.3 is 0 Å². The molecular formula is C15H32Y-2. The molecule has 0 aromatic heterocycles. The minimum Gasteiger partial charge on any atom is -0.346 e. The zero-order chi connectivity index (χ0) is 11.8. The molecule has 1 heteroatoms. The van der Waals surface area contributed by atoms with Crippen LogP contribution in [0.4, 0.5) is 0 Å². The maximum atomic E-state index is 3.85. The smallest absolute Gasteiger partial charge is 0 e. The zero-order valence-electron chi connectivity index (χ0n) is 11.8. The van der Waals surface area contributed by atoms with Gasteiger partial charge in [0.25, 0.3) is 0 Å². The Balaban J connectivity index is -0.000000529. The van der Waals surface area contributed by atoms with Gasteiger partial charge in [-0.05, 0) is 0 Å². The van der Waals surface area contributed by atoms with Crippen molar-refractivity contribution in [3.63, 3.8) is 0 Å². The van der Waals surface area contributed by atoms with E-state index in [9.17, 15) is 0 Å². The molecule has 0 saturated carbocycles. The van der Waals surface area contributed by atoms with Crippen LogP contribution in [0.25, 0.3) is 0 Å². The summed E-state index contributed by atoms with van der Waals surface area (Å²) in [6.07, 6.45) is 15.4. The molecular weight excluding hydrogens is 269 g/mol. The fourth-order valence-electron chi connectivity index (χ4n) is 1.66. The summed E-state index contributed by atoms with van der Waals surface area (Å²) in [6, 6.07) is 0. The topological polar surface area (TPSA) is 0 Å². The van der Waals surface area contributed by atoms with Gasteiger partial charge in [0, 0.05) is 32.7 Å². The van der Waals surface area contributed by atoms with Crippen molar-refractivity contribution in [3.05, 3.63) is 13.8 Å². The molecule has 0 aromatic carbocycles. The maximum Gasteiger partial charge on any atom is 0 e. The van der Waals surface area contributed by atoms with Gasteiger partial charge in [-0.1, -0.05) is 71.1 Å². The van der Waals surface area contributed by atoms with Gasteiger partial charge in [-0.3, -0.25) is 0 Å². The minimum absolute atomic E-state index is 0. The molecule has 0 rings (SSSR count). The average Bonchev–Trinajstić information content (AvgIpc) is 2.30. The molecule has 0 heterocycles. The standard InChI is InChI=1S/C13H27.C2H5.Y/c1-3-5-7-9-11-13-12-10-8-6-4-2;1-2;/h1,3-13H2,2H3;1H2,2H3;/q2*-1;. The molecule has 16 heavy (non-hydrogen) atoms. The van der Waals surface area contributed by atoms with Gasteiger partial charge in [0.1, 0.15) is 0 Å². The fourth-order valence-corrected chi connectivity index (χ4v) is 1.66. The summed E-state index contributed by atoms with van der Waals surface area (Å²) in [5, 5.41) is 0. The summed E-state index contributed by atoms with van der Waals surface area (Å²) >= 11 is 0. The molecule has 0 aromatic rings. The third-order valence-electron chi connectivity index (χ3n) is 2.60. The Labute approximate surface area is 130 Å². The SMILES string of the molecule is [CH2-]C.[CH2-]CCCCCCCCCCCC.[Y]. The molecule has 0 nitrogen and oxygen atoms in total. The van der Waals surface area contributed by atoms with Crippen molar-refractivity contribution in [3.8, 4) is 0 Å². The second-order valence-corrected chi connectivity index (χ2v) is 4.04. The Morgan fingerprint density at radius 1 is 0.625 bits per heavy atom. The van der Waals surface area contributed by atoms with Gasteiger partial charge in [-0.2, -0.15) is 13.3 Å². The first kappa shape index (κ1) is 22.3. The van der Waals surface area contributed by atoms with Crippen molar-refractivity contribution in [1.82, 2.24) is 0 Å². The molecule has 0 amide bonds. The monoisotopic (exact) mass is 301 g/mol. The molecule has 0 saturated heterocycles. The predicted octanol–water partition coefficient (Wildman–Crippen LogP) is 5.97. The first-order valence-electron chi connectivity index (χ1n) is 6.91. The van der Waals surface area contributed by atoms with E-state index in [4.69, 9.17) is 0 Å². The molecule has 0 N–H and O–H groups in total. The van der Waals surface area contributed by atoms with Crippen LogP contribution in [0.5, 0.6) is 0 Å². The van der Waals surface area contributed by atoms with E-state index >= 15 is 0 Å². The van der Waals surface area contributed by atoms with Crippen molar-refractivity contribution in [1.29, 1.82) is 0 Å². The van der Waals surface area contributed by atoms with Crippen LogP contribution in [0.2, 0.25) is 0 Å².